The third-order valence-electron chi connectivity index (χ3n) is 2.04. The number of aliphatic imine (C=N–C) groups is 1. The van der Waals surface area contributed by atoms with Crippen LogP contribution in [-0.2, 0) is 9.53 Å². The molecule has 0 aliphatic heterocycles. The van der Waals surface area contributed by atoms with E-state index in [-0.39, 0.29) is 11.9 Å². The number of hydrogen-bond donors (Lipinski definition) is 3. The van der Waals surface area contributed by atoms with E-state index < -0.39 is 0 Å². The van der Waals surface area contributed by atoms with Crippen molar-refractivity contribution < 1.29 is 9.53 Å². The standard InChI is InChI=1S/C12H26N4O2/c1-4-18-9-5-7-14-12(13)15-8-6-11(17)16-10(2)3/h10H,4-9H2,1-3H3,(H,16,17)(H3,13,14,15). The van der Waals surface area contributed by atoms with E-state index in [0.717, 1.165) is 13.0 Å². The summed E-state index contributed by atoms with van der Waals surface area (Å²) in [4.78, 5) is 15.4. The number of carbonyl (C=O) groups excluding carboxylic acids is 1. The van der Waals surface area contributed by atoms with Crippen molar-refractivity contribution in [1.82, 2.24) is 10.6 Å². The first kappa shape index (κ1) is 16.7. The van der Waals surface area contributed by atoms with Crippen molar-refractivity contribution in [3.8, 4) is 0 Å². The van der Waals surface area contributed by atoms with Gasteiger partial charge in [-0.2, -0.15) is 0 Å². The zero-order chi connectivity index (χ0) is 13.8. The maximum absolute atomic E-state index is 11.3. The van der Waals surface area contributed by atoms with E-state index in [1.807, 2.05) is 20.8 Å². The molecule has 0 radical (unpaired) electrons. The molecule has 0 spiro atoms. The number of hydrogen-bond acceptors (Lipinski definition) is 3. The number of rotatable bonds is 9. The van der Waals surface area contributed by atoms with Crippen LogP contribution in [0.2, 0.25) is 0 Å². The molecule has 0 saturated heterocycles. The number of nitrogens with two attached hydrogens (primary N) is 1. The quantitative estimate of drug-likeness (QED) is 0.314. The lowest BCUT2D eigenvalue weighted by Gasteiger charge is -2.09. The van der Waals surface area contributed by atoms with Gasteiger partial charge in [0.1, 0.15) is 0 Å². The van der Waals surface area contributed by atoms with Crippen LogP contribution in [0.4, 0.5) is 0 Å². The summed E-state index contributed by atoms with van der Waals surface area (Å²) in [5.74, 6) is 0.394. The van der Waals surface area contributed by atoms with Crippen molar-refractivity contribution in [1.29, 1.82) is 0 Å². The van der Waals surface area contributed by atoms with Gasteiger partial charge in [0.15, 0.2) is 5.96 Å². The van der Waals surface area contributed by atoms with Gasteiger partial charge in [-0.05, 0) is 27.2 Å². The van der Waals surface area contributed by atoms with Crippen molar-refractivity contribution in [3.05, 3.63) is 0 Å². The second kappa shape index (κ2) is 10.8. The molecule has 1 amide bonds. The Kier molecular flexibility index (Phi) is 10.0. The van der Waals surface area contributed by atoms with Crippen LogP contribution in [0, 0.1) is 0 Å². The highest BCUT2D eigenvalue weighted by molar-refractivity contribution is 5.80. The summed E-state index contributed by atoms with van der Waals surface area (Å²) in [6, 6.07) is 0.169. The minimum Gasteiger partial charge on any atom is -0.382 e. The molecule has 106 valence electrons. The van der Waals surface area contributed by atoms with Crippen LogP contribution in [0.25, 0.3) is 0 Å². The highest BCUT2D eigenvalue weighted by Gasteiger charge is 2.02. The summed E-state index contributed by atoms with van der Waals surface area (Å²) in [6.07, 6.45) is 1.25. The molecule has 0 heterocycles. The average Bonchev–Trinajstić information content (AvgIpc) is 2.27. The van der Waals surface area contributed by atoms with E-state index in [2.05, 4.69) is 15.6 Å². The van der Waals surface area contributed by atoms with Gasteiger partial charge in [-0.3, -0.25) is 9.79 Å². The molecule has 0 aromatic heterocycles. The molecule has 18 heavy (non-hydrogen) atoms. The molecule has 6 nitrogen and oxygen atoms in total. The van der Waals surface area contributed by atoms with Crippen molar-refractivity contribution in [2.24, 2.45) is 10.7 Å². The Hall–Kier alpha value is -1.30. The fourth-order valence-electron chi connectivity index (χ4n) is 1.26. The molecular formula is C12H26N4O2. The lowest BCUT2D eigenvalue weighted by atomic mass is 10.3. The van der Waals surface area contributed by atoms with Crippen molar-refractivity contribution in [3.63, 3.8) is 0 Å². The average molecular weight is 258 g/mol. The normalized spacial score (nSPS) is 11.7. The Morgan fingerprint density at radius 2 is 2.17 bits per heavy atom. The lowest BCUT2D eigenvalue weighted by molar-refractivity contribution is -0.121. The van der Waals surface area contributed by atoms with E-state index in [9.17, 15) is 4.79 Å². The highest BCUT2D eigenvalue weighted by Crippen LogP contribution is 1.85. The van der Waals surface area contributed by atoms with Gasteiger partial charge in [-0.15, -0.1) is 0 Å². The number of guanidine groups is 1. The molecule has 4 N–H and O–H groups in total. The van der Waals surface area contributed by atoms with Crippen LogP contribution < -0.4 is 16.4 Å². The zero-order valence-corrected chi connectivity index (χ0v) is 11.7. The lowest BCUT2D eigenvalue weighted by Crippen LogP contribution is -2.37. The molecule has 0 saturated carbocycles. The molecular weight excluding hydrogens is 232 g/mol. The molecule has 0 bridgehead atoms. The van der Waals surface area contributed by atoms with Crippen molar-refractivity contribution >= 4 is 11.9 Å². The summed E-state index contributed by atoms with van der Waals surface area (Å²) in [5, 5.41) is 5.71. The van der Waals surface area contributed by atoms with Gasteiger partial charge < -0.3 is 21.1 Å². The van der Waals surface area contributed by atoms with Gasteiger partial charge in [-0.1, -0.05) is 0 Å². The van der Waals surface area contributed by atoms with E-state index >= 15 is 0 Å². The van der Waals surface area contributed by atoms with Crippen LogP contribution in [0.1, 0.15) is 33.6 Å². The fraction of sp³-hybridized carbons (Fsp3) is 0.833. The molecule has 0 aromatic rings. The first-order chi connectivity index (χ1) is 8.56. The molecule has 0 fully saturated rings. The number of carbonyl (C=O) groups is 1. The molecule has 0 aliphatic carbocycles. The summed E-state index contributed by atoms with van der Waals surface area (Å²) in [6.45, 7) is 8.38. The SMILES string of the molecule is CCOCCCN=C(N)NCCC(=O)NC(C)C. The van der Waals surface area contributed by atoms with Crippen molar-refractivity contribution in [2.75, 3.05) is 26.3 Å². The number of amides is 1. The first-order valence-corrected chi connectivity index (χ1v) is 6.47. The van der Waals surface area contributed by atoms with Crippen LogP contribution in [0.5, 0.6) is 0 Å². The molecule has 0 aromatic carbocycles. The Bertz CT molecular complexity index is 254. The highest BCUT2D eigenvalue weighted by atomic mass is 16.5. The third kappa shape index (κ3) is 11.2. The third-order valence-corrected chi connectivity index (χ3v) is 2.04. The largest absolute Gasteiger partial charge is 0.382 e. The Labute approximate surface area is 109 Å². The van der Waals surface area contributed by atoms with E-state index in [1.165, 1.54) is 0 Å². The van der Waals surface area contributed by atoms with Crippen LogP contribution >= 0.6 is 0 Å². The van der Waals surface area contributed by atoms with Gasteiger partial charge in [-0.25, -0.2) is 0 Å². The topological polar surface area (TPSA) is 88.7 Å². The Morgan fingerprint density at radius 3 is 2.78 bits per heavy atom. The van der Waals surface area contributed by atoms with Gasteiger partial charge in [0.2, 0.25) is 5.91 Å². The second-order valence-electron chi connectivity index (χ2n) is 4.22. The minimum atomic E-state index is 0.0154. The smallest absolute Gasteiger partial charge is 0.221 e. The maximum atomic E-state index is 11.3. The van der Waals surface area contributed by atoms with Gasteiger partial charge in [0, 0.05) is 38.8 Å². The summed E-state index contributed by atoms with van der Waals surface area (Å²) in [7, 11) is 0. The van der Waals surface area contributed by atoms with Crippen molar-refractivity contribution in [2.45, 2.75) is 39.7 Å². The first-order valence-electron chi connectivity index (χ1n) is 6.47. The Balaban J connectivity index is 3.54. The minimum absolute atomic E-state index is 0.0154. The monoisotopic (exact) mass is 258 g/mol. The predicted octanol–water partition coefficient (Wildman–Crippen LogP) is 0.232. The zero-order valence-electron chi connectivity index (χ0n) is 11.7. The number of ether oxygens (including phenoxy) is 1. The summed E-state index contributed by atoms with van der Waals surface area (Å²) >= 11 is 0. The Morgan fingerprint density at radius 1 is 1.44 bits per heavy atom. The molecule has 0 unspecified atom stereocenters. The summed E-state index contributed by atoms with van der Waals surface area (Å²) in [5.41, 5.74) is 5.64. The fourth-order valence-corrected chi connectivity index (χ4v) is 1.26. The van der Waals surface area contributed by atoms with E-state index in [1.54, 1.807) is 0 Å². The number of nitrogens with zero attached hydrogens (tertiary/aromatic N) is 1. The van der Waals surface area contributed by atoms with Gasteiger partial charge >= 0.3 is 0 Å². The van der Waals surface area contributed by atoms with Crippen LogP contribution in [0.3, 0.4) is 0 Å². The molecule has 0 rings (SSSR count). The van der Waals surface area contributed by atoms with E-state index in [4.69, 9.17) is 10.5 Å². The summed E-state index contributed by atoms with van der Waals surface area (Å²) < 4.78 is 5.18. The molecule has 6 heteroatoms. The van der Waals surface area contributed by atoms with E-state index in [0.29, 0.717) is 32.1 Å². The number of nitrogens with one attached hydrogen (secondary N) is 2. The second-order valence-corrected chi connectivity index (χ2v) is 4.22. The maximum Gasteiger partial charge on any atom is 0.221 e. The molecule has 0 atom stereocenters. The van der Waals surface area contributed by atoms with Gasteiger partial charge in [0.05, 0.1) is 0 Å². The predicted molar refractivity (Wildman–Crippen MR) is 73.5 cm³/mol. The molecule has 0 aliphatic rings. The van der Waals surface area contributed by atoms with Crippen LogP contribution in [0.15, 0.2) is 4.99 Å². The van der Waals surface area contributed by atoms with Gasteiger partial charge in [0.25, 0.3) is 0 Å². The van der Waals surface area contributed by atoms with Crippen LogP contribution in [-0.4, -0.2) is 44.2 Å².